The Bertz CT molecular complexity index is 2260. The maximum atomic E-state index is 6.75. The van der Waals surface area contributed by atoms with Crippen molar-refractivity contribution in [2.45, 2.75) is 48.5 Å². The van der Waals surface area contributed by atoms with E-state index in [9.17, 15) is 0 Å². The zero-order valence-corrected chi connectivity index (χ0v) is 27.8. The van der Waals surface area contributed by atoms with Crippen molar-refractivity contribution >= 4 is 56.1 Å². The van der Waals surface area contributed by atoms with E-state index in [1.54, 1.807) is 0 Å². The Morgan fingerprint density at radius 3 is 1.43 bits per heavy atom. The van der Waals surface area contributed by atoms with Crippen molar-refractivity contribution in [2.75, 3.05) is 9.80 Å². The van der Waals surface area contributed by atoms with Gasteiger partial charge in [0.1, 0.15) is 11.2 Å². The predicted molar refractivity (Wildman–Crippen MR) is 196 cm³/mol. The van der Waals surface area contributed by atoms with Crippen LogP contribution in [0.1, 0.15) is 38.9 Å². The third-order valence-corrected chi connectivity index (χ3v) is 8.96. The number of nitrogens with zero attached hydrogens (tertiary/aromatic N) is 2. The van der Waals surface area contributed by atoms with Crippen LogP contribution in [0.2, 0.25) is 0 Å². The Labute approximate surface area is 272 Å². The molecule has 7 aromatic rings. The number of furan rings is 1. The number of rotatable bonds is 6. The van der Waals surface area contributed by atoms with Gasteiger partial charge in [-0.1, -0.05) is 59.7 Å². The molecule has 0 radical (unpaired) electrons. The monoisotopic (exact) mass is 600 g/mol. The Morgan fingerprint density at radius 1 is 0.391 bits per heavy atom. The van der Waals surface area contributed by atoms with Crippen molar-refractivity contribution in [3.05, 3.63) is 154 Å². The van der Waals surface area contributed by atoms with Gasteiger partial charge in [-0.25, -0.2) is 0 Å². The summed E-state index contributed by atoms with van der Waals surface area (Å²) in [5, 5.41) is 2.28. The molecule has 0 saturated heterocycles. The summed E-state index contributed by atoms with van der Waals surface area (Å²) >= 11 is 0. The highest BCUT2D eigenvalue weighted by molar-refractivity contribution is 6.09. The van der Waals surface area contributed by atoms with E-state index in [0.717, 1.165) is 56.1 Å². The van der Waals surface area contributed by atoms with E-state index in [-0.39, 0.29) is 0 Å². The molecular formula is C43H40N2O. The number of hydrogen-bond acceptors (Lipinski definition) is 3. The van der Waals surface area contributed by atoms with Gasteiger partial charge < -0.3 is 14.2 Å². The average molecular weight is 601 g/mol. The van der Waals surface area contributed by atoms with Crippen molar-refractivity contribution in [1.29, 1.82) is 0 Å². The summed E-state index contributed by atoms with van der Waals surface area (Å²) in [7, 11) is 0. The fraction of sp³-hybridized carbons (Fsp3) is 0.163. The molecule has 46 heavy (non-hydrogen) atoms. The molecule has 0 bridgehead atoms. The average Bonchev–Trinajstić information content (AvgIpc) is 3.38. The second kappa shape index (κ2) is 11.6. The molecule has 0 aliphatic carbocycles. The smallest absolute Gasteiger partial charge is 0.137 e. The lowest BCUT2D eigenvalue weighted by molar-refractivity contribution is 0.669. The molecule has 0 atom stereocenters. The summed E-state index contributed by atoms with van der Waals surface area (Å²) in [6.07, 6.45) is 0. The van der Waals surface area contributed by atoms with Gasteiger partial charge in [-0.3, -0.25) is 0 Å². The van der Waals surface area contributed by atoms with Gasteiger partial charge in [-0.05, 0) is 131 Å². The molecule has 3 nitrogen and oxygen atoms in total. The molecule has 7 rings (SSSR count). The molecule has 0 saturated carbocycles. The quantitative estimate of drug-likeness (QED) is 0.189. The molecule has 3 heteroatoms. The van der Waals surface area contributed by atoms with Gasteiger partial charge in [-0.15, -0.1) is 0 Å². The van der Waals surface area contributed by atoms with Crippen molar-refractivity contribution in [3.8, 4) is 0 Å². The summed E-state index contributed by atoms with van der Waals surface area (Å²) < 4.78 is 6.75. The molecular weight excluding hydrogens is 560 g/mol. The molecule has 6 aromatic carbocycles. The van der Waals surface area contributed by atoms with Crippen LogP contribution in [-0.4, -0.2) is 0 Å². The van der Waals surface area contributed by atoms with Crippen LogP contribution in [0.5, 0.6) is 0 Å². The van der Waals surface area contributed by atoms with Crippen LogP contribution in [0.15, 0.2) is 120 Å². The van der Waals surface area contributed by atoms with Gasteiger partial charge in [0.15, 0.2) is 0 Å². The third kappa shape index (κ3) is 5.32. The van der Waals surface area contributed by atoms with Crippen LogP contribution in [-0.2, 0) is 0 Å². The SMILES string of the molecule is Cc1cccc(N(c2ccc3c(c2)oc2cc(N(c4cccc(C)c4)c4ccc(C)cc4C)cc(C)c23)c2ccc(C)cc2C)c1. The topological polar surface area (TPSA) is 19.6 Å². The molecule has 0 spiro atoms. The molecule has 0 amide bonds. The van der Waals surface area contributed by atoms with Gasteiger partial charge in [0.05, 0.1) is 5.69 Å². The summed E-state index contributed by atoms with van der Waals surface area (Å²) in [4.78, 5) is 4.69. The second-order valence-corrected chi connectivity index (χ2v) is 12.8. The molecule has 0 aliphatic heterocycles. The summed E-state index contributed by atoms with van der Waals surface area (Å²) in [6, 6.07) is 41.9. The van der Waals surface area contributed by atoms with Crippen molar-refractivity contribution < 1.29 is 4.42 Å². The molecule has 0 unspecified atom stereocenters. The lowest BCUT2D eigenvalue weighted by atomic mass is 10.0. The highest BCUT2D eigenvalue weighted by Gasteiger charge is 2.21. The number of benzene rings is 6. The predicted octanol–water partition coefficient (Wildman–Crippen LogP) is 12.7. The Kier molecular flexibility index (Phi) is 7.41. The van der Waals surface area contributed by atoms with Gasteiger partial charge in [0.25, 0.3) is 0 Å². The molecule has 0 aliphatic rings. The van der Waals surface area contributed by atoms with E-state index >= 15 is 0 Å². The van der Waals surface area contributed by atoms with E-state index in [4.69, 9.17) is 4.42 Å². The second-order valence-electron chi connectivity index (χ2n) is 12.8. The largest absolute Gasteiger partial charge is 0.456 e. The van der Waals surface area contributed by atoms with E-state index < -0.39 is 0 Å². The highest BCUT2D eigenvalue weighted by Crippen LogP contribution is 2.44. The van der Waals surface area contributed by atoms with E-state index in [0.29, 0.717) is 0 Å². The Hall–Kier alpha value is -5.28. The Morgan fingerprint density at radius 2 is 0.891 bits per heavy atom. The fourth-order valence-corrected chi connectivity index (χ4v) is 6.85. The van der Waals surface area contributed by atoms with Gasteiger partial charge >= 0.3 is 0 Å². The highest BCUT2D eigenvalue weighted by atomic mass is 16.3. The lowest BCUT2D eigenvalue weighted by Gasteiger charge is -2.28. The zero-order valence-electron chi connectivity index (χ0n) is 27.8. The van der Waals surface area contributed by atoms with Gasteiger partial charge in [-0.2, -0.15) is 0 Å². The zero-order chi connectivity index (χ0) is 32.1. The van der Waals surface area contributed by atoms with Crippen LogP contribution in [0, 0.1) is 48.5 Å². The van der Waals surface area contributed by atoms with Gasteiger partial charge in [0, 0.05) is 51.3 Å². The number of fused-ring (bicyclic) bond motifs is 3. The van der Waals surface area contributed by atoms with Crippen molar-refractivity contribution in [2.24, 2.45) is 0 Å². The molecule has 1 heterocycles. The summed E-state index contributed by atoms with van der Waals surface area (Å²) in [5.41, 5.74) is 17.1. The summed E-state index contributed by atoms with van der Waals surface area (Å²) in [5.74, 6) is 0. The minimum absolute atomic E-state index is 0.879. The maximum Gasteiger partial charge on any atom is 0.137 e. The molecule has 1 aromatic heterocycles. The Balaban J connectivity index is 1.40. The summed E-state index contributed by atoms with van der Waals surface area (Å²) in [6.45, 7) is 15.1. The van der Waals surface area contributed by atoms with Crippen LogP contribution >= 0.6 is 0 Å². The maximum absolute atomic E-state index is 6.75. The van der Waals surface area contributed by atoms with E-state index in [2.05, 4.69) is 174 Å². The first-order valence-corrected chi connectivity index (χ1v) is 16.0. The van der Waals surface area contributed by atoms with Crippen LogP contribution in [0.4, 0.5) is 34.1 Å². The first-order chi connectivity index (χ1) is 22.2. The number of anilines is 6. The van der Waals surface area contributed by atoms with Crippen LogP contribution in [0.25, 0.3) is 21.9 Å². The van der Waals surface area contributed by atoms with Crippen LogP contribution in [0.3, 0.4) is 0 Å². The molecule has 0 fully saturated rings. The number of hydrogen-bond donors (Lipinski definition) is 0. The van der Waals surface area contributed by atoms with Crippen molar-refractivity contribution in [1.82, 2.24) is 0 Å². The fourth-order valence-electron chi connectivity index (χ4n) is 6.85. The van der Waals surface area contributed by atoms with E-state index in [1.165, 1.54) is 38.9 Å². The van der Waals surface area contributed by atoms with Gasteiger partial charge in [0.2, 0.25) is 0 Å². The molecule has 0 N–H and O–H groups in total. The standard InChI is InChI=1S/C43H40N2O/c1-27-10-8-12-34(22-27)44(39-18-14-29(3)20-31(39)5)36-16-17-38-41(25-36)46-42-26-37(24-33(7)43(38)42)45(35-13-9-11-28(2)23-35)40-19-15-30(4)21-32(40)6/h8-26H,1-7H3. The normalized spacial score (nSPS) is 11.4. The minimum Gasteiger partial charge on any atom is -0.456 e. The van der Waals surface area contributed by atoms with E-state index in [1.807, 2.05) is 0 Å². The van der Waals surface area contributed by atoms with Crippen molar-refractivity contribution in [3.63, 3.8) is 0 Å². The van der Waals surface area contributed by atoms with Crippen LogP contribution < -0.4 is 9.80 Å². The number of aryl methyl sites for hydroxylation is 7. The first kappa shape index (κ1) is 29.4. The first-order valence-electron chi connectivity index (χ1n) is 16.0. The molecule has 228 valence electrons. The third-order valence-electron chi connectivity index (χ3n) is 8.96. The minimum atomic E-state index is 0.879. The lowest BCUT2D eigenvalue weighted by Crippen LogP contribution is -2.12.